The molecule has 0 radical (unpaired) electrons. The molecule has 1 amide bonds. The Morgan fingerprint density at radius 3 is 2.54 bits per heavy atom. The van der Waals surface area contributed by atoms with Crippen LogP contribution in [0.5, 0.6) is 0 Å². The lowest BCUT2D eigenvalue weighted by molar-refractivity contribution is -0.137. The highest BCUT2D eigenvalue weighted by atomic mass is 32.2. The summed E-state index contributed by atoms with van der Waals surface area (Å²) in [5.74, 6) is -0.145. The first-order chi connectivity index (χ1) is 11.4. The van der Waals surface area contributed by atoms with Gasteiger partial charge in [0.15, 0.2) is 0 Å². The molecule has 6 nitrogen and oxygen atoms in total. The zero-order valence-electron chi connectivity index (χ0n) is 14.0. The van der Waals surface area contributed by atoms with Crippen LogP contribution in [-0.2, 0) is 14.8 Å². The molecular formula is C16H25N3O3S2. The Morgan fingerprint density at radius 1 is 1.21 bits per heavy atom. The molecule has 3 rings (SSSR count). The van der Waals surface area contributed by atoms with Crippen molar-refractivity contribution in [3.8, 4) is 0 Å². The highest BCUT2D eigenvalue weighted by molar-refractivity contribution is 7.91. The Labute approximate surface area is 147 Å². The smallest absolute Gasteiger partial charge is 0.252 e. The van der Waals surface area contributed by atoms with Crippen LogP contribution in [0.25, 0.3) is 0 Å². The summed E-state index contributed by atoms with van der Waals surface area (Å²) in [7, 11) is -3.49. The van der Waals surface area contributed by atoms with Crippen molar-refractivity contribution in [2.45, 2.75) is 42.9 Å². The standard InChI is InChI=1S/C16H25N3O3S2/c1-12-4-5-15(23-12)24(21,22)19-8-2-3-13(11-19)16(20)18-9-6-14(17)7-10-18/h4-5,13-14H,2-3,6-11,17H2,1H3. The molecule has 2 fully saturated rings. The van der Waals surface area contributed by atoms with Crippen molar-refractivity contribution in [3.63, 3.8) is 0 Å². The minimum absolute atomic E-state index is 0.0872. The van der Waals surface area contributed by atoms with E-state index in [0.717, 1.165) is 30.6 Å². The molecule has 24 heavy (non-hydrogen) atoms. The number of nitrogens with two attached hydrogens (primary N) is 1. The third-order valence-electron chi connectivity index (χ3n) is 4.89. The van der Waals surface area contributed by atoms with Crippen LogP contribution in [0.4, 0.5) is 0 Å². The zero-order valence-corrected chi connectivity index (χ0v) is 15.6. The fourth-order valence-corrected chi connectivity index (χ4v) is 6.38. The first-order valence-corrected chi connectivity index (χ1v) is 10.7. The summed E-state index contributed by atoms with van der Waals surface area (Å²) in [5, 5.41) is 0. The molecule has 0 aromatic carbocycles. The summed E-state index contributed by atoms with van der Waals surface area (Å²) < 4.78 is 27.4. The van der Waals surface area contributed by atoms with Gasteiger partial charge in [0.25, 0.3) is 10.0 Å². The quantitative estimate of drug-likeness (QED) is 0.871. The molecule has 2 aliphatic rings. The van der Waals surface area contributed by atoms with Gasteiger partial charge in [0, 0.05) is 37.1 Å². The van der Waals surface area contributed by atoms with Crippen LogP contribution in [-0.4, -0.2) is 55.8 Å². The van der Waals surface area contributed by atoms with E-state index in [-0.39, 0.29) is 17.9 Å². The number of hydrogen-bond acceptors (Lipinski definition) is 5. The number of carbonyl (C=O) groups is 1. The van der Waals surface area contributed by atoms with E-state index in [0.29, 0.717) is 30.4 Å². The van der Waals surface area contributed by atoms with Crippen molar-refractivity contribution in [1.82, 2.24) is 9.21 Å². The summed E-state index contributed by atoms with van der Waals surface area (Å²) in [6, 6.07) is 3.66. The highest BCUT2D eigenvalue weighted by Gasteiger charge is 2.36. The highest BCUT2D eigenvalue weighted by Crippen LogP contribution is 2.29. The number of likely N-dealkylation sites (tertiary alicyclic amines) is 1. The van der Waals surface area contributed by atoms with Gasteiger partial charge in [-0.05, 0) is 44.7 Å². The summed E-state index contributed by atoms with van der Waals surface area (Å²) in [5.41, 5.74) is 5.90. The molecule has 1 unspecified atom stereocenters. The fourth-order valence-electron chi connectivity index (χ4n) is 3.42. The van der Waals surface area contributed by atoms with Crippen molar-refractivity contribution >= 4 is 27.3 Å². The molecule has 0 aliphatic carbocycles. The SMILES string of the molecule is Cc1ccc(S(=O)(=O)N2CCCC(C(=O)N3CCC(N)CC3)C2)s1. The van der Waals surface area contributed by atoms with Gasteiger partial charge in [-0.1, -0.05) is 0 Å². The van der Waals surface area contributed by atoms with Gasteiger partial charge >= 0.3 is 0 Å². The van der Waals surface area contributed by atoms with E-state index < -0.39 is 10.0 Å². The molecule has 0 spiro atoms. The maximum atomic E-state index is 12.8. The van der Waals surface area contributed by atoms with Gasteiger partial charge in [-0.3, -0.25) is 4.79 Å². The van der Waals surface area contributed by atoms with Crippen LogP contribution in [0.15, 0.2) is 16.3 Å². The van der Waals surface area contributed by atoms with Crippen LogP contribution < -0.4 is 5.73 Å². The first kappa shape index (κ1) is 17.8. The molecule has 2 N–H and O–H groups in total. The Hall–Kier alpha value is -0.960. The van der Waals surface area contributed by atoms with E-state index in [1.54, 1.807) is 6.07 Å². The molecule has 2 saturated heterocycles. The molecule has 1 atom stereocenters. The fraction of sp³-hybridized carbons (Fsp3) is 0.688. The Balaban J connectivity index is 1.69. The lowest BCUT2D eigenvalue weighted by atomic mass is 9.96. The van der Waals surface area contributed by atoms with Gasteiger partial charge in [-0.2, -0.15) is 4.31 Å². The number of piperidine rings is 2. The number of sulfonamides is 1. The maximum Gasteiger partial charge on any atom is 0.252 e. The Morgan fingerprint density at radius 2 is 1.92 bits per heavy atom. The van der Waals surface area contributed by atoms with Crippen LogP contribution in [0.1, 0.15) is 30.6 Å². The molecule has 3 heterocycles. The minimum atomic E-state index is -3.49. The van der Waals surface area contributed by atoms with Gasteiger partial charge < -0.3 is 10.6 Å². The zero-order chi connectivity index (χ0) is 17.3. The maximum absolute atomic E-state index is 12.8. The van der Waals surface area contributed by atoms with Gasteiger partial charge in [0.2, 0.25) is 5.91 Å². The van der Waals surface area contributed by atoms with E-state index in [9.17, 15) is 13.2 Å². The summed E-state index contributed by atoms with van der Waals surface area (Å²) in [6.07, 6.45) is 3.15. The van der Waals surface area contributed by atoms with Crippen LogP contribution in [0, 0.1) is 12.8 Å². The normalized spacial score (nSPS) is 24.2. The van der Waals surface area contributed by atoms with Crippen LogP contribution in [0.2, 0.25) is 0 Å². The summed E-state index contributed by atoms with van der Waals surface area (Å²) >= 11 is 1.29. The number of rotatable bonds is 3. The average molecular weight is 372 g/mol. The second-order valence-corrected chi connectivity index (χ2v) is 10.2. The van der Waals surface area contributed by atoms with E-state index in [1.165, 1.54) is 15.6 Å². The van der Waals surface area contributed by atoms with E-state index in [1.807, 2.05) is 17.9 Å². The van der Waals surface area contributed by atoms with Crippen molar-refractivity contribution in [1.29, 1.82) is 0 Å². The molecule has 0 bridgehead atoms. The number of thiophene rings is 1. The summed E-state index contributed by atoms with van der Waals surface area (Å²) in [4.78, 5) is 15.6. The monoisotopic (exact) mass is 371 g/mol. The van der Waals surface area contributed by atoms with E-state index in [2.05, 4.69) is 0 Å². The Bertz CT molecular complexity index is 693. The number of nitrogens with zero attached hydrogens (tertiary/aromatic N) is 2. The van der Waals surface area contributed by atoms with Crippen molar-refractivity contribution < 1.29 is 13.2 Å². The number of amides is 1. The van der Waals surface area contributed by atoms with Crippen molar-refractivity contribution in [2.75, 3.05) is 26.2 Å². The second kappa shape index (κ2) is 7.11. The largest absolute Gasteiger partial charge is 0.342 e. The van der Waals surface area contributed by atoms with Crippen molar-refractivity contribution in [3.05, 3.63) is 17.0 Å². The Kier molecular flexibility index (Phi) is 5.29. The predicted molar refractivity (Wildman–Crippen MR) is 94.3 cm³/mol. The molecule has 1 aromatic heterocycles. The van der Waals surface area contributed by atoms with Gasteiger partial charge in [-0.25, -0.2) is 8.42 Å². The van der Waals surface area contributed by atoms with Gasteiger partial charge in [-0.15, -0.1) is 11.3 Å². The molecular weight excluding hydrogens is 346 g/mol. The average Bonchev–Trinajstić information content (AvgIpc) is 3.02. The third-order valence-corrected chi connectivity index (χ3v) is 8.23. The lowest BCUT2D eigenvalue weighted by Gasteiger charge is -2.36. The number of hydrogen-bond donors (Lipinski definition) is 1. The first-order valence-electron chi connectivity index (χ1n) is 8.49. The van der Waals surface area contributed by atoms with E-state index >= 15 is 0 Å². The van der Waals surface area contributed by atoms with E-state index in [4.69, 9.17) is 5.73 Å². The van der Waals surface area contributed by atoms with Gasteiger partial charge in [0.1, 0.15) is 4.21 Å². The lowest BCUT2D eigenvalue weighted by Crippen LogP contribution is -2.49. The minimum Gasteiger partial charge on any atom is -0.342 e. The number of carbonyl (C=O) groups excluding carboxylic acids is 1. The molecule has 8 heteroatoms. The predicted octanol–water partition coefficient (Wildman–Crippen LogP) is 1.41. The van der Waals surface area contributed by atoms with Crippen LogP contribution >= 0.6 is 11.3 Å². The van der Waals surface area contributed by atoms with Gasteiger partial charge in [0.05, 0.1) is 5.92 Å². The molecule has 134 valence electrons. The topological polar surface area (TPSA) is 83.7 Å². The number of aryl methyl sites for hydroxylation is 1. The van der Waals surface area contributed by atoms with Crippen molar-refractivity contribution in [2.24, 2.45) is 11.7 Å². The molecule has 0 saturated carbocycles. The molecule has 1 aromatic rings. The summed E-state index contributed by atoms with van der Waals surface area (Å²) in [6.45, 7) is 4.06. The molecule has 2 aliphatic heterocycles. The second-order valence-electron chi connectivity index (χ2n) is 6.73. The van der Waals surface area contributed by atoms with Crippen LogP contribution in [0.3, 0.4) is 0 Å². The third kappa shape index (κ3) is 3.66.